The second-order valence-corrected chi connectivity index (χ2v) is 2.78. The van der Waals surface area contributed by atoms with Crippen molar-refractivity contribution in [1.82, 2.24) is 0 Å². The third kappa shape index (κ3) is 1.07. The zero-order valence-electron chi connectivity index (χ0n) is 6.94. The Balaban J connectivity index is 2.79. The Bertz CT molecular complexity index is 473. The van der Waals surface area contributed by atoms with E-state index in [2.05, 4.69) is 5.18 Å². The first-order chi connectivity index (χ1) is 6.22. The Labute approximate surface area is 73.8 Å². The predicted octanol–water partition coefficient (Wildman–Crippen LogP) is 2.84. The highest BCUT2D eigenvalue weighted by Gasteiger charge is 2.09. The van der Waals surface area contributed by atoms with Gasteiger partial charge < -0.3 is 9.52 Å². The van der Waals surface area contributed by atoms with Crippen LogP contribution in [-0.4, -0.2) is 5.11 Å². The minimum absolute atomic E-state index is 0.118. The number of furan rings is 1. The van der Waals surface area contributed by atoms with Crippen LogP contribution in [0.4, 0.5) is 5.69 Å². The van der Waals surface area contributed by atoms with Crippen LogP contribution in [-0.2, 0) is 0 Å². The van der Waals surface area contributed by atoms with Crippen LogP contribution >= 0.6 is 0 Å². The minimum atomic E-state index is 0.118. The molecule has 1 heterocycles. The first kappa shape index (κ1) is 7.79. The number of benzene rings is 1. The van der Waals surface area contributed by atoms with Crippen molar-refractivity contribution in [3.05, 3.63) is 28.9 Å². The van der Waals surface area contributed by atoms with E-state index in [1.165, 1.54) is 12.1 Å². The average molecular weight is 177 g/mol. The summed E-state index contributed by atoms with van der Waals surface area (Å²) in [5.74, 6) is 0.561. The first-order valence-electron chi connectivity index (χ1n) is 3.78. The zero-order valence-corrected chi connectivity index (χ0v) is 6.94. The molecular formula is C9H7NO3. The van der Waals surface area contributed by atoms with E-state index in [9.17, 15) is 10.0 Å². The normalized spacial score (nSPS) is 10.5. The third-order valence-electron chi connectivity index (χ3n) is 1.92. The Kier molecular flexibility index (Phi) is 1.55. The van der Waals surface area contributed by atoms with E-state index in [0.29, 0.717) is 22.4 Å². The van der Waals surface area contributed by atoms with Gasteiger partial charge in [-0.2, -0.15) is 0 Å². The maximum Gasteiger partial charge on any atom is 0.164 e. The minimum Gasteiger partial charge on any atom is -0.504 e. The van der Waals surface area contributed by atoms with Crippen LogP contribution in [0.1, 0.15) is 5.76 Å². The van der Waals surface area contributed by atoms with Gasteiger partial charge in [-0.1, -0.05) is 0 Å². The van der Waals surface area contributed by atoms with Crippen molar-refractivity contribution in [2.45, 2.75) is 6.92 Å². The molecule has 0 aliphatic carbocycles. The fraction of sp³-hybridized carbons (Fsp3) is 0.111. The van der Waals surface area contributed by atoms with Gasteiger partial charge in [0.1, 0.15) is 17.0 Å². The van der Waals surface area contributed by atoms with E-state index in [1.807, 2.05) is 0 Å². The molecule has 2 aromatic rings. The van der Waals surface area contributed by atoms with Crippen LogP contribution in [0.2, 0.25) is 0 Å². The van der Waals surface area contributed by atoms with Gasteiger partial charge in [0.05, 0.1) is 5.39 Å². The van der Waals surface area contributed by atoms with Crippen LogP contribution in [0.3, 0.4) is 0 Å². The number of hydrogen-bond acceptors (Lipinski definition) is 4. The second-order valence-electron chi connectivity index (χ2n) is 2.78. The molecule has 0 radical (unpaired) electrons. The van der Waals surface area contributed by atoms with Crippen molar-refractivity contribution < 1.29 is 9.52 Å². The smallest absolute Gasteiger partial charge is 0.164 e. The summed E-state index contributed by atoms with van der Waals surface area (Å²) in [5.41, 5.74) is 0.772. The standard InChI is InChI=1S/C9H7NO3/c1-5-9(11)7-3-2-6(10-12)4-8(7)13-5/h2-4,11H,1H3. The molecular weight excluding hydrogens is 170 g/mol. The van der Waals surface area contributed by atoms with Crippen molar-refractivity contribution in [3.8, 4) is 5.75 Å². The van der Waals surface area contributed by atoms with Crippen LogP contribution < -0.4 is 0 Å². The Morgan fingerprint density at radius 1 is 1.46 bits per heavy atom. The highest BCUT2D eigenvalue weighted by molar-refractivity contribution is 5.87. The van der Waals surface area contributed by atoms with E-state index < -0.39 is 0 Å². The molecule has 1 aromatic heterocycles. The number of aromatic hydroxyl groups is 1. The lowest BCUT2D eigenvalue weighted by molar-refractivity contribution is 0.451. The Morgan fingerprint density at radius 3 is 2.92 bits per heavy atom. The van der Waals surface area contributed by atoms with Crippen molar-refractivity contribution in [1.29, 1.82) is 0 Å². The number of nitrogens with zero attached hydrogens (tertiary/aromatic N) is 1. The van der Waals surface area contributed by atoms with Gasteiger partial charge in [-0.05, 0) is 24.2 Å². The van der Waals surface area contributed by atoms with Crippen molar-refractivity contribution >= 4 is 16.7 Å². The summed E-state index contributed by atoms with van der Waals surface area (Å²) in [6.07, 6.45) is 0. The molecule has 66 valence electrons. The maximum atomic E-state index is 10.2. The lowest BCUT2D eigenvalue weighted by Gasteiger charge is -1.88. The largest absolute Gasteiger partial charge is 0.504 e. The molecule has 0 aliphatic rings. The molecule has 2 rings (SSSR count). The molecule has 0 bridgehead atoms. The van der Waals surface area contributed by atoms with Crippen molar-refractivity contribution in [2.24, 2.45) is 5.18 Å². The number of aryl methyl sites for hydroxylation is 1. The number of fused-ring (bicyclic) bond motifs is 1. The molecule has 0 fully saturated rings. The molecule has 13 heavy (non-hydrogen) atoms. The number of nitroso groups, excluding NO2 is 1. The molecule has 4 heteroatoms. The Hall–Kier alpha value is -1.84. The molecule has 0 unspecified atom stereocenters. The lowest BCUT2D eigenvalue weighted by atomic mass is 10.2. The van der Waals surface area contributed by atoms with Gasteiger partial charge in [-0.25, -0.2) is 0 Å². The summed E-state index contributed by atoms with van der Waals surface area (Å²) >= 11 is 0. The van der Waals surface area contributed by atoms with Crippen LogP contribution in [0, 0.1) is 11.8 Å². The molecule has 0 spiro atoms. The summed E-state index contributed by atoms with van der Waals surface area (Å²) in [7, 11) is 0. The van der Waals surface area contributed by atoms with Gasteiger partial charge in [0.25, 0.3) is 0 Å². The predicted molar refractivity (Wildman–Crippen MR) is 48.1 cm³/mol. The summed E-state index contributed by atoms with van der Waals surface area (Å²) in [5, 5.41) is 12.8. The van der Waals surface area contributed by atoms with E-state index in [-0.39, 0.29) is 5.75 Å². The molecule has 1 aromatic carbocycles. The van der Waals surface area contributed by atoms with E-state index in [1.54, 1.807) is 13.0 Å². The first-order valence-corrected chi connectivity index (χ1v) is 3.78. The van der Waals surface area contributed by atoms with E-state index >= 15 is 0 Å². The molecule has 0 atom stereocenters. The van der Waals surface area contributed by atoms with Gasteiger partial charge in [0.2, 0.25) is 0 Å². The summed E-state index contributed by atoms with van der Waals surface area (Å²) in [4.78, 5) is 10.2. The molecule has 0 aliphatic heterocycles. The number of rotatable bonds is 1. The molecule has 0 saturated heterocycles. The summed E-state index contributed by atoms with van der Waals surface area (Å²) in [6.45, 7) is 1.66. The summed E-state index contributed by atoms with van der Waals surface area (Å²) < 4.78 is 5.19. The van der Waals surface area contributed by atoms with Gasteiger partial charge in [-0.3, -0.25) is 0 Å². The SMILES string of the molecule is Cc1oc2cc(N=O)ccc2c1O. The van der Waals surface area contributed by atoms with Gasteiger partial charge in [0.15, 0.2) is 5.75 Å². The van der Waals surface area contributed by atoms with Gasteiger partial charge >= 0.3 is 0 Å². The highest BCUT2D eigenvalue weighted by atomic mass is 16.4. The molecule has 4 nitrogen and oxygen atoms in total. The molecule has 1 N–H and O–H groups in total. The van der Waals surface area contributed by atoms with E-state index in [0.717, 1.165) is 0 Å². The lowest BCUT2D eigenvalue weighted by Crippen LogP contribution is -1.65. The monoisotopic (exact) mass is 177 g/mol. The van der Waals surface area contributed by atoms with Crippen LogP contribution in [0.25, 0.3) is 11.0 Å². The molecule has 0 saturated carbocycles. The average Bonchev–Trinajstić information content (AvgIpc) is 2.42. The van der Waals surface area contributed by atoms with Gasteiger partial charge in [-0.15, -0.1) is 4.91 Å². The number of hydrogen-bond donors (Lipinski definition) is 1. The fourth-order valence-corrected chi connectivity index (χ4v) is 1.25. The van der Waals surface area contributed by atoms with Crippen LogP contribution in [0.5, 0.6) is 5.75 Å². The maximum absolute atomic E-state index is 10.2. The fourth-order valence-electron chi connectivity index (χ4n) is 1.25. The van der Waals surface area contributed by atoms with Crippen molar-refractivity contribution in [3.63, 3.8) is 0 Å². The van der Waals surface area contributed by atoms with Gasteiger partial charge in [0, 0.05) is 6.07 Å². The summed E-state index contributed by atoms with van der Waals surface area (Å²) in [6, 6.07) is 4.64. The quantitative estimate of drug-likeness (QED) is 0.681. The third-order valence-corrected chi connectivity index (χ3v) is 1.92. The van der Waals surface area contributed by atoms with E-state index in [4.69, 9.17) is 4.42 Å². The highest BCUT2D eigenvalue weighted by Crippen LogP contribution is 2.33. The molecule has 0 amide bonds. The van der Waals surface area contributed by atoms with Crippen LogP contribution in [0.15, 0.2) is 27.8 Å². The Morgan fingerprint density at radius 2 is 2.23 bits per heavy atom. The topological polar surface area (TPSA) is 62.8 Å². The second kappa shape index (κ2) is 2.58. The van der Waals surface area contributed by atoms with Crippen molar-refractivity contribution in [2.75, 3.05) is 0 Å². The zero-order chi connectivity index (χ0) is 9.42.